The number of aldehydes is 1. The third kappa shape index (κ3) is 3.72. The Hall–Kier alpha value is -2.80. The predicted octanol–water partition coefficient (Wildman–Crippen LogP) is 4.71. The van der Waals surface area contributed by atoms with Gasteiger partial charge in [0.1, 0.15) is 11.6 Å². The van der Waals surface area contributed by atoms with Crippen molar-refractivity contribution in [3.8, 4) is 5.75 Å². The van der Waals surface area contributed by atoms with Gasteiger partial charge in [0.05, 0.1) is 11.3 Å². The summed E-state index contributed by atoms with van der Waals surface area (Å²) in [6.45, 7) is -0.442. The van der Waals surface area contributed by atoms with Gasteiger partial charge >= 0.3 is 0 Å². The molecule has 3 aromatic carbocycles. The first-order valence-electron chi connectivity index (χ1n) is 7.53. The zero-order chi connectivity index (χ0) is 18.7. The second-order valence-corrected chi connectivity index (χ2v) is 6.25. The highest BCUT2D eigenvalue weighted by atomic mass is 79.9. The third-order valence-corrected chi connectivity index (χ3v) is 4.30. The lowest BCUT2D eigenvalue weighted by molar-refractivity contribution is -0.118. The number of hydrogen-bond donors (Lipinski definition) is 1. The number of amides is 1. The van der Waals surface area contributed by atoms with Crippen molar-refractivity contribution in [2.24, 2.45) is 0 Å². The van der Waals surface area contributed by atoms with Crippen LogP contribution in [0.3, 0.4) is 0 Å². The maximum atomic E-state index is 13.8. The molecule has 0 saturated heterocycles. The summed E-state index contributed by atoms with van der Waals surface area (Å²) >= 11 is 2.99. The fraction of sp³-hybridized carbons (Fsp3) is 0.0526. The van der Waals surface area contributed by atoms with E-state index in [4.69, 9.17) is 4.74 Å². The molecule has 0 bridgehead atoms. The lowest BCUT2D eigenvalue weighted by Gasteiger charge is -2.12. The van der Waals surface area contributed by atoms with Crippen molar-refractivity contribution in [2.45, 2.75) is 0 Å². The van der Waals surface area contributed by atoms with E-state index in [0.717, 1.165) is 11.5 Å². The zero-order valence-electron chi connectivity index (χ0n) is 13.3. The molecular weight excluding hydrogens is 408 g/mol. The molecule has 132 valence electrons. The molecule has 0 saturated carbocycles. The molecule has 4 nitrogen and oxygen atoms in total. The number of ether oxygens (including phenoxy) is 1. The first kappa shape index (κ1) is 18.0. The Balaban J connectivity index is 1.76. The van der Waals surface area contributed by atoms with Crippen molar-refractivity contribution in [2.75, 3.05) is 11.9 Å². The van der Waals surface area contributed by atoms with Crippen LogP contribution in [0.1, 0.15) is 10.4 Å². The zero-order valence-corrected chi connectivity index (χ0v) is 14.8. The average Bonchev–Trinajstić information content (AvgIpc) is 2.62. The summed E-state index contributed by atoms with van der Waals surface area (Å²) in [6.07, 6.45) is 0.659. The Morgan fingerprint density at radius 2 is 1.92 bits per heavy atom. The van der Waals surface area contributed by atoms with Crippen molar-refractivity contribution in [3.63, 3.8) is 0 Å². The molecule has 0 radical (unpaired) electrons. The maximum absolute atomic E-state index is 13.8. The summed E-state index contributed by atoms with van der Waals surface area (Å²) in [6, 6.07) is 12.3. The number of fused-ring (bicyclic) bond motifs is 1. The maximum Gasteiger partial charge on any atom is 0.262 e. The highest BCUT2D eigenvalue weighted by molar-refractivity contribution is 9.10. The molecule has 3 aromatic rings. The van der Waals surface area contributed by atoms with E-state index in [9.17, 15) is 18.4 Å². The minimum atomic E-state index is -0.912. The van der Waals surface area contributed by atoms with Crippen molar-refractivity contribution < 1.29 is 23.1 Å². The lowest BCUT2D eigenvalue weighted by atomic mass is 10.0. The standard InChI is InChI=1S/C19H12BrF2NO3/c20-15-7-12(21)8-16(22)19(15)23-18(25)10-26-17-6-5-11-3-1-2-4-13(11)14(17)9-24/h1-9H,10H2,(H,23,25). The average molecular weight is 420 g/mol. The van der Waals surface area contributed by atoms with Gasteiger partial charge in [-0.15, -0.1) is 0 Å². The molecule has 26 heavy (non-hydrogen) atoms. The van der Waals surface area contributed by atoms with Gasteiger partial charge in [-0.25, -0.2) is 8.78 Å². The number of carbonyl (C=O) groups is 2. The van der Waals surface area contributed by atoms with E-state index in [1.807, 2.05) is 12.1 Å². The number of anilines is 1. The van der Waals surface area contributed by atoms with Gasteiger partial charge in [0.25, 0.3) is 5.91 Å². The normalized spacial score (nSPS) is 10.6. The van der Waals surface area contributed by atoms with Crippen LogP contribution in [-0.4, -0.2) is 18.8 Å². The number of rotatable bonds is 5. The fourth-order valence-corrected chi connectivity index (χ4v) is 3.01. The van der Waals surface area contributed by atoms with Gasteiger partial charge in [-0.1, -0.05) is 30.3 Å². The van der Waals surface area contributed by atoms with Crippen LogP contribution in [0.4, 0.5) is 14.5 Å². The van der Waals surface area contributed by atoms with Crippen LogP contribution in [0.15, 0.2) is 53.0 Å². The molecule has 0 fully saturated rings. The van der Waals surface area contributed by atoms with Crippen LogP contribution in [-0.2, 0) is 4.79 Å². The molecule has 0 unspecified atom stereocenters. The van der Waals surface area contributed by atoms with E-state index in [-0.39, 0.29) is 15.9 Å². The highest BCUT2D eigenvalue weighted by Crippen LogP contribution is 2.28. The van der Waals surface area contributed by atoms with E-state index >= 15 is 0 Å². The topological polar surface area (TPSA) is 55.4 Å². The first-order valence-corrected chi connectivity index (χ1v) is 8.33. The molecule has 0 aliphatic rings. The summed E-state index contributed by atoms with van der Waals surface area (Å²) in [5.74, 6) is -2.09. The fourth-order valence-electron chi connectivity index (χ4n) is 2.50. The molecule has 3 rings (SSSR count). The number of nitrogens with one attached hydrogen (secondary N) is 1. The van der Waals surface area contributed by atoms with Crippen molar-refractivity contribution in [3.05, 3.63) is 70.2 Å². The lowest BCUT2D eigenvalue weighted by Crippen LogP contribution is -2.21. The number of benzene rings is 3. The van der Waals surface area contributed by atoms with E-state index in [1.54, 1.807) is 24.3 Å². The number of hydrogen-bond acceptors (Lipinski definition) is 3. The largest absolute Gasteiger partial charge is 0.483 e. The Bertz CT molecular complexity index is 984. The van der Waals surface area contributed by atoms with Gasteiger partial charge in [0.2, 0.25) is 0 Å². The smallest absolute Gasteiger partial charge is 0.262 e. The minimum absolute atomic E-state index is 0.0719. The van der Waals surface area contributed by atoms with Crippen LogP contribution >= 0.6 is 15.9 Å². The Morgan fingerprint density at radius 1 is 1.15 bits per heavy atom. The summed E-state index contributed by atoms with van der Waals surface area (Å²) in [5.41, 5.74) is 0.138. The Morgan fingerprint density at radius 3 is 2.65 bits per heavy atom. The van der Waals surface area contributed by atoms with Crippen LogP contribution in [0.5, 0.6) is 5.75 Å². The monoisotopic (exact) mass is 419 g/mol. The molecular formula is C19H12BrF2NO3. The molecule has 0 aromatic heterocycles. The van der Waals surface area contributed by atoms with Crippen molar-refractivity contribution in [1.29, 1.82) is 0 Å². The van der Waals surface area contributed by atoms with Gasteiger partial charge in [0, 0.05) is 10.5 Å². The molecule has 1 N–H and O–H groups in total. The van der Waals surface area contributed by atoms with E-state index in [2.05, 4.69) is 21.2 Å². The molecule has 0 atom stereocenters. The van der Waals surface area contributed by atoms with Crippen LogP contribution in [0.25, 0.3) is 10.8 Å². The molecule has 1 amide bonds. The van der Waals surface area contributed by atoms with Crippen molar-refractivity contribution >= 4 is 44.6 Å². The van der Waals surface area contributed by atoms with E-state index in [0.29, 0.717) is 23.3 Å². The molecule has 0 heterocycles. The van der Waals surface area contributed by atoms with E-state index in [1.165, 1.54) is 0 Å². The SMILES string of the molecule is O=Cc1c(OCC(=O)Nc2c(F)cc(F)cc2Br)ccc2ccccc12. The van der Waals surface area contributed by atoms with Gasteiger partial charge in [-0.3, -0.25) is 9.59 Å². The summed E-state index contributed by atoms with van der Waals surface area (Å²) in [5, 5.41) is 3.88. The molecule has 0 aliphatic heterocycles. The second kappa shape index (κ2) is 7.61. The Kier molecular flexibility index (Phi) is 5.27. The van der Waals surface area contributed by atoms with Gasteiger partial charge in [-0.2, -0.15) is 0 Å². The van der Waals surface area contributed by atoms with Crippen LogP contribution < -0.4 is 10.1 Å². The van der Waals surface area contributed by atoms with Crippen LogP contribution in [0, 0.1) is 11.6 Å². The molecule has 7 heteroatoms. The van der Waals surface area contributed by atoms with Crippen LogP contribution in [0.2, 0.25) is 0 Å². The summed E-state index contributed by atoms with van der Waals surface area (Å²) < 4.78 is 32.3. The summed E-state index contributed by atoms with van der Waals surface area (Å²) in [4.78, 5) is 23.5. The molecule has 0 spiro atoms. The third-order valence-electron chi connectivity index (χ3n) is 3.68. The number of halogens is 3. The summed E-state index contributed by atoms with van der Waals surface area (Å²) in [7, 11) is 0. The molecule has 0 aliphatic carbocycles. The van der Waals surface area contributed by atoms with Gasteiger partial charge in [-0.05, 0) is 38.8 Å². The minimum Gasteiger partial charge on any atom is -0.483 e. The van der Waals surface area contributed by atoms with Crippen molar-refractivity contribution in [1.82, 2.24) is 0 Å². The first-order chi connectivity index (χ1) is 12.5. The quantitative estimate of drug-likeness (QED) is 0.609. The number of carbonyl (C=O) groups excluding carboxylic acids is 2. The highest BCUT2D eigenvalue weighted by Gasteiger charge is 2.14. The Labute approximate surface area is 155 Å². The van der Waals surface area contributed by atoms with E-state index < -0.39 is 24.1 Å². The second-order valence-electron chi connectivity index (χ2n) is 5.40. The van der Waals surface area contributed by atoms with Gasteiger partial charge < -0.3 is 10.1 Å². The van der Waals surface area contributed by atoms with Gasteiger partial charge in [0.15, 0.2) is 18.7 Å². The predicted molar refractivity (Wildman–Crippen MR) is 97.5 cm³/mol.